The Labute approximate surface area is 246 Å². The molecule has 0 aromatic carbocycles. The molecule has 0 aliphatic rings. The Balaban J connectivity index is 3.61. The van der Waals surface area contributed by atoms with Crippen LogP contribution in [-0.4, -0.2) is 36.4 Å². The lowest BCUT2D eigenvalue weighted by atomic mass is 10.0. The number of allylic oxidation sites excluding steroid dienone is 6. The number of unbranched alkanes of at least 4 members (excludes halogenated alkanes) is 17. The molecule has 0 fully saturated rings. The zero-order valence-corrected chi connectivity index (χ0v) is 26.1. The highest BCUT2D eigenvalue weighted by Gasteiger charge is 2.16. The summed E-state index contributed by atoms with van der Waals surface area (Å²) in [6, 6.07) is 0. The van der Waals surface area contributed by atoms with Gasteiger partial charge in [-0.15, -0.1) is 0 Å². The van der Waals surface area contributed by atoms with Gasteiger partial charge in [0, 0.05) is 12.8 Å². The summed E-state index contributed by atoms with van der Waals surface area (Å²) in [6.07, 6.45) is 36.2. The number of ether oxygens (including phenoxy) is 2. The van der Waals surface area contributed by atoms with Crippen LogP contribution < -0.4 is 0 Å². The summed E-state index contributed by atoms with van der Waals surface area (Å²) in [5.41, 5.74) is 0. The molecule has 1 N–H and O–H groups in total. The fourth-order valence-corrected chi connectivity index (χ4v) is 4.49. The van der Waals surface area contributed by atoms with Crippen LogP contribution >= 0.6 is 0 Å². The number of hydrogen-bond donors (Lipinski definition) is 1. The first-order chi connectivity index (χ1) is 19.6. The zero-order chi connectivity index (χ0) is 29.4. The lowest BCUT2D eigenvalue weighted by Crippen LogP contribution is -2.28. The highest BCUT2D eigenvalue weighted by Crippen LogP contribution is 2.13. The predicted octanol–water partition coefficient (Wildman–Crippen LogP) is 9.72. The van der Waals surface area contributed by atoms with Gasteiger partial charge in [0.15, 0.2) is 6.10 Å². The standard InChI is InChI=1S/C35H62O5/c1-3-5-7-9-11-13-15-17-19-21-23-25-27-29-34(37)39-32-33(31-36)40-35(38)30-28-26-24-22-20-18-16-14-12-10-8-6-4-2/h5,7,9,11,13,15,33,36H,3-4,6,8,10,12,14,16-32H2,1-2H3/b7-5+,11-9+,15-13+. The number of hydrogen-bond acceptors (Lipinski definition) is 5. The average Bonchev–Trinajstić information content (AvgIpc) is 2.96. The summed E-state index contributed by atoms with van der Waals surface area (Å²) >= 11 is 0. The molecule has 0 amide bonds. The Morgan fingerprint density at radius 1 is 0.600 bits per heavy atom. The molecule has 0 radical (unpaired) electrons. The molecule has 0 aliphatic heterocycles. The maximum absolute atomic E-state index is 12.1. The summed E-state index contributed by atoms with van der Waals surface area (Å²) in [7, 11) is 0. The van der Waals surface area contributed by atoms with E-state index in [0.29, 0.717) is 12.8 Å². The highest BCUT2D eigenvalue weighted by atomic mass is 16.6. The van der Waals surface area contributed by atoms with Crippen molar-refractivity contribution in [2.45, 2.75) is 161 Å². The highest BCUT2D eigenvalue weighted by molar-refractivity contribution is 5.70. The molecule has 5 nitrogen and oxygen atoms in total. The van der Waals surface area contributed by atoms with Gasteiger partial charge in [-0.25, -0.2) is 0 Å². The van der Waals surface area contributed by atoms with E-state index in [4.69, 9.17) is 9.47 Å². The smallest absolute Gasteiger partial charge is 0.306 e. The van der Waals surface area contributed by atoms with E-state index in [-0.39, 0.29) is 25.2 Å². The molecule has 0 saturated heterocycles. The summed E-state index contributed by atoms with van der Waals surface area (Å²) in [6.45, 7) is 3.97. The summed E-state index contributed by atoms with van der Waals surface area (Å²) in [5.74, 6) is -0.616. The molecular formula is C35H62O5. The van der Waals surface area contributed by atoms with Crippen molar-refractivity contribution in [3.05, 3.63) is 36.5 Å². The van der Waals surface area contributed by atoms with Crippen molar-refractivity contribution < 1.29 is 24.2 Å². The minimum absolute atomic E-state index is 0.0747. The maximum Gasteiger partial charge on any atom is 0.306 e. The van der Waals surface area contributed by atoms with Crippen LogP contribution in [0.5, 0.6) is 0 Å². The summed E-state index contributed by atoms with van der Waals surface area (Å²) in [5, 5.41) is 9.49. The first-order valence-electron chi connectivity index (χ1n) is 16.6. The lowest BCUT2D eigenvalue weighted by Gasteiger charge is -2.15. The van der Waals surface area contributed by atoms with Gasteiger partial charge in [-0.3, -0.25) is 9.59 Å². The fraction of sp³-hybridized carbons (Fsp3) is 0.771. The first kappa shape index (κ1) is 38.1. The molecule has 0 saturated carbocycles. The monoisotopic (exact) mass is 562 g/mol. The maximum atomic E-state index is 12.1. The van der Waals surface area contributed by atoms with Gasteiger partial charge in [-0.05, 0) is 32.1 Å². The quantitative estimate of drug-likeness (QED) is 0.0558. The molecule has 0 aromatic rings. The van der Waals surface area contributed by atoms with Gasteiger partial charge in [0.2, 0.25) is 0 Å². The predicted molar refractivity (Wildman–Crippen MR) is 168 cm³/mol. The fourth-order valence-electron chi connectivity index (χ4n) is 4.49. The van der Waals surface area contributed by atoms with E-state index < -0.39 is 6.10 Å². The second-order valence-electron chi connectivity index (χ2n) is 10.9. The van der Waals surface area contributed by atoms with Crippen LogP contribution in [0.4, 0.5) is 0 Å². The van der Waals surface area contributed by atoms with E-state index in [2.05, 4.69) is 44.2 Å². The van der Waals surface area contributed by atoms with Crippen molar-refractivity contribution in [3.63, 3.8) is 0 Å². The molecular weight excluding hydrogens is 500 g/mol. The van der Waals surface area contributed by atoms with E-state index >= 15 is 0 Å². The third-order valence-electron chi connectivity index (χ3n) is 7.01. The van der Waals surface area contributed by atoms with E-state index in [1.165, 1.54) is 64.2 Å². The van der Waals surface area contributed by atoms with Crippen LogP contribution in [0.25, 0.3) is 0 Å². The van der Waals surface area contributed by atoms with Crippen LogP contribution in [0.2, 0.25) is 0 Å². The summed E-state index contributed by atoms with van der Waals surface area (Å²) < 4.78 is 10.5. The second kappa shape index (κ2) is 31.6. The van der Waals surface area contributed by atoms with Gasteiger partial charge in [0.05, 0.1) is 6.61 Å². The molecule has 1 atom stereocenters. The van der Waals surface area contributed by atoms with Crippen LogP contribution in [0.15, 0.2) is 36.5 Å². The molecule has 0 aromatic heterocycles. The first-order valence-corrected chi connectivity index (χ1v) is 16.6. The van der Waals surface area contributed by atoms with Crippen molar-refractivity contribution in [2.24, 2.45) is 0 Å². The number of carbonyl (C=O) groups excluding carboxylic acids is 2. The Hall–Kier alpha value is -1.88. The largest absolute Gasteiger partial charge is 0.462 e. The molecule has 1 unspecified atom stereocenters. The molecule has 0 heterocycles. The van der Waals surface area contributed by atoms with Gasteiger partial charge < -0.3 is 14.6 Å². The van der Waals surface area contributed by atoms with E-state index in [1.807, 2.05) is 6.08 Å². The van der Waals surface area contributed by atoms with Gasteiger partial charge in [0.25, 0.3) is 0 Å². The van der Waals surface area contributed by atoms with Gasteiger partial charge in [0.1, 0.15) is 6.61 Å². The minimum Gasteiger partial charge on any atom is -0.462 e. The van der Waals surface area contributed by atoms with Crippen molar-refractivity contribution in [2.75, 3.05) is 13.2 Å². The Kier molecular flexibility index (Phi) is 30.2. The third kappa shape index (κ3) is 29.1. The molecule has 5 heteroatoms. The Bertz CT molecular complexity index is 652. The molecule has 0 bridgehead atoms. The normalized spacial score (nSPS) is 12.6. The van der Waals surface area contributed by atoms with Crippen molar-refractivity contribution in [3.8, 4) is 0 Å². The van der Waals surface area contributed by atoms with Crippen LogP contribution in [0.3, 0.4) is 0 Å². The summed E-state index contributed by atoms with van der Waals surface area (Å²) in [4.78, 5) is 24.1. The van der Waals surface area contributed by atoms with Gasteiger partial charge >= 0.3 is 11.9 Å². The van der Waals surface area contributed by atoms with E-state index in [1.54, 1.807) is 0 Å². The molecule has 40 heavy (non-hydrogen) atoms. The average molecular weight is 563 g/mol. The lowest BCUT2D eigenvalue weighted by molar-refractivity contribution is -0.161. The molecule has 0 spiro atoms. The van der Waals surface area contributed by atoms with Crippen LogP contribution in [0.1, 0.15) is 155 Å². The van der Waals surface area contributed by atoms with E-state index in [9.17, 15) is 14.7 Å². The topological polar surface area (TPSA) is 72.8 Å². The SMILES string of the molecule is CC/C=C/C=C/C=C/CCCCCCCC(=O)OCC(CO)OC(=O)CCCCCCCCCCCCCCC. The minimum atomic E-state index is -0.774. The van der Waals surface area contributed by atoms with Gasteiger partial charge in [-0.1, -0.05) is 147 Å². The number of carbonyl (C=O) groups is 2. The van der Waals surface area contributed by atoms with Crippen molar-refractivity contribution in [1.29, 1.82) is 0 Å². The van der Waals surface area contributed by atoms with Crippen LogP contribution in [-0.2, 0) is 19.1 Å². The number of aliphatic hydroxyl groups excluding tert-OH is 1. The molecule has 0 aliphatic carbocycles. The Morgan fingerprint density at radius 3 is 1.60 bits per heavy atom. The third-order valence-corrected chi connectivity index (χ3v) is 7.01. The molecule has 0 rings (SSSR count). The van der Waals surface area contributed by atoms with Gasteiger partial charge in [-0.2, -0.15) is 0 Å². The second-order valence-corrected chi connectivity index (χ2v) is 10.9. The zero-order valence-electron chi connectivity index (χ0n) is 26.1. The Morgan fingerprint density at radius 2 is 1.07 bits per heavy atom. The number of esters is 2. The molecule has 232 valence electrons. The van der Waals surface area contributed by atoms with Crippen LogP contribution in [0, 0.1) is 0 Å². The number of rotatable bonds is 29. The van der Waals surface area contributed by atoms with E-state index in [0.717, 1.165) is 64.2 Å². The van der Waals surface area contributed by atoms with Crippen molar-refractivity contribution in [1.82, 2.24) is 0 Å². The number of aliphatic hydroxyl groups is 1. The van der Waals surface area contributed by atoms with Crippen molar-refractivity contribution >= 4 is 11.9 Å².